The van der Waals surface area contributed by atoms with Gasteiger partial charge in [0.1, 0.15) is 18.2 Å². The molecular weight excluding hydrogens is 323 g/mol. The Morgan fingerprint density at radius 3 is 2.83 bits per heavy atom. The lowest BCUT2D eigenvalue weighted by Gasteiger charge is -2.10. The van der Waals surface area contributed by atoms with E-state index in [-0.39, 0.29) is 23.1 Å². The van der Waals surface area contributed by atoms with Crippen molar-refractivity contribution >= 4 is 28.2 Å². The quantitative estimate of drug-likeness (QED) is 0.520. The monoisotopic (exact) mass is 332 g/mol. The highest BCUT2D eigenvalue weighted by Gasteiger charge is 2.12. The first-order valence-corrected chi connectivity index (χ1v) is 7.03. The van der Waals surface area contributed by atoms with Gasteiger partial charge >= 0.3 is 0 Å². The summed E-state index contributed by atoms with van der Waals surface area (Å²) < 4.78 is 19.3. The normalized spacial score (nSPS) is 10.7. The number of rotatable bonds is 4. The van der Waals surface area contributed by atoms with Crippen LogP contribution in [0.5, 0.6) is 5.75 Å². The molecule has 23 heavy (non-hydrogen) atoms. The minimum absolute atomic E-state index is 0.115. The van der Waals surface area contributed by atoms with Crippen LogP contribution in [0.25, 0.3) is 10.9 Å². The molecule has 116 valence electrons. The van der Waals surface area contributed by atoms with Gasteiger partial charge in [0.25, 0.3) is 5.69 Å². The third kappa shape index (κ3) is 3.07. The van der Waals surface area contributed by atoms with Crippen molar-refractivity contribution in [3.05, 3.63) is 75.2 Å². The number of nitro benzene ring substituents is 1. The molecule has 0 bridgehead atoms. The van der Waals surface area contributed by atoms with E-state index < -0.39 is 4.92 Å². The maximum Gasteiger partial charge on any atom is 0.271 e. The van der Waals surface area contributed by atoms with Crippen LogP contribution in [-0.4, -0.2) is 9.91 Å². The Labute approximate surface area is 135 Å². The van der Waals surface area contributed by atoms with E-state index in [1.165, 1.54) is 24.3 Å². The minimum Gasteiger partial charge on any atom is -0.487 e. The summed E-state index contributed by atoms with van der Waals surface area (Å²) in [4.78, 5) is 14.3. The molecule has 0 aliphatic carbocycles. The Morgan fingerprint density at radius 2 is 2.09 bits per heavy atom. The molecule has 0 amide bonds. The number of nitro groups is 1. The Bertz CT molecular complexity index is 902. The number of hydrogen-bond acceptors (Lipinski definition) is 4. The standard InChI is InChI=1S/C16H10ClFN2O3/c17-13-8-11(20(21)22)4-6-15(13)23-9-10-3-5-14(18)12-2-1-7-19-16(10)12/h1-8H,9H2. The number of hydrogen-bond donors (Lipinski definition) is 0. The lowest BCUT2D eigenvalue weighted by molar-refractivity contribution is -0.384. The average molecular weight is 333 g/mol. The zero-order chi connectivity index (χ0) is 16.4. The van der Waals surface area contributed by atoms with Crippen LogP contribution >= 0.6 is 11.6 Å². The second kappa shape index (κ2) is 6.18. The molecule has 1 aromatic heterocycles. The SMILES string of the molecule is O=[N+]([O-])c1ccc(OCc2ccc(F)c3cccnc23)c(Cl)c1. The van der Waals surface area contributed by atoms with Crippen molar-refractivity contribution < 1.29 is 14.1 Å². The fraction of sp³-hybridized carbons (Fsp3) is 0.0625. The topological polar surface area (TPSA) is 65.3 Å². The van der Waals surface area contributed by atoms with E-state index in [9.17, 15) is 14.5 Å². The number of non-ortho nitro benzene ring substituents is 1. The fourth-order valence-electron chi connectivity index (χ4n) is 2.19. The molecule has 5 nitrogen and oxygen atoms in total. The van der Waals surface area contributed by atoms with Gasteiger partial charge in [0.05, 0.1) is 15.5 Å². The van der Waals surface area contributed by atoms with Crippen LogP contribution in [0, 0.1) is 15.9 Å². The van der Waals surface area contributed by atoms with Gasteiger partial charge in [-0.05, 0) is 24.3 Å². The van der Waals surface area contributed by atoms with Crippen molar-refractivity contribution in [1.82, 2.24) is 4.98 Å². The lowest BCUT2D eigenvalue weighted by Crippen LogP contribution is -1.99. The number of nitrogens with zero attached hydrogens (tertiary/aromatic N) is 2. The Kier molecular flexibility index (Phi) is 4.08. The van der Waals surface area contributed by atoms with E-state index >= 15 is 0 Å². The molecule has 0 saturated carbocycles. The molecule has 0 aliphatic rings. The Morgan fingerprint density at radius 1 is 1.26 bits per heavy atom. The summed E-state index contributed by atoms with van der Waals surface area (Å²) >= 11 is 5.98. The second-order valence-corrected chi connectivity index (χ2v) is 5.17. The first-order chi connectivity index (χ1) is 11.1. The zero-order valence-electron chi connectivity index (χ0n) is 11.7. The van der Waals surface area contributed by atoms with E-state index in [1.54, 1.807) is 24.4 Å². The molecule has 0 atom stereocenters. The van der Waals surface area contributed by atoms with Gasteiger partial charge in [-0.15, -0.1) is 0 Å². The van der Waals surface area contributed by atoms with Gasteiger partial charge in [-0.3, -0.25) is 15.1 Å². The Balaban J connectivity index is 1.87. The molecule has 0 saturated heterocycles. The third-order valence-electron chi connectivity index (χ3n) is 3.31. The minimum atomic E-state index is -0.535. The maximum absolute atomic E-state index is 13.7. The fourth-order valence-corrected chi connectivity index (χ4v) is 2.42. The summed E-state index contributed by atoms with van der Waals surface area (Å²) in [6, 6.07) is 10.2. The molecule has 0 spiro atoms. The molecular formula is C16H10ClFN2O3. The first-order valence-electron chi connectivity index (χ1n) is 6.65. The van der Waals surface area contributed by atoms with E-state index in [0.717, 1.165) is 0 Å². The van der Waals surface area contributed by atoms with E-state index in [2.05, 4.69) is 4.98 Å². The van der Waals surface area contributed by atoms with Crippen molar-refractivity contribution in [3.8, 4) is 5.75 Å². The average Bonchev–Trinajstić information content (AvgIpc) is 2.55. The summed E-state index contributed by atoms with van der Waals surface area (Å²) in [6.07, 6.45) is 1.57. The smallest absolute Gasteiger partial charge is 0.271 e. The molecule has 0 unspecified atom stereocenters. The number of fused-ring (bicyclic) bond motifs is 1. The molecule has 7 heteroatoms. The van der Waals surface area contributed by atoms with Gasteiger partial charge in [0.2, 0.25) is 0 Å². The van der Waals surface area contributed by atoms with Crippen LogP contribution in [0.15, 0.2) is 48.7 Å². The number of halogens is 2. The number of benzene rings is 2. The van der Waals surface area contributed by atoms with Gasteiger partial charge in [-0.2, -0.15) is 0 Å². The highest BCUT2D eigenvalue weighted by atomic mass is 35.5. The van der Waals surface area contributed by atoms with E-state index in [1.807, 2.05) is 0 Å². The molecule has 1 heterocycles. The van der Waals surface area contributed by atoms with Crippen molar-refractivity contribution in [3.63, 3.8) is 0 Å². The number of aromatic nitrogens is 1. The molecule has 0 aliphatic heterocycles. The second-order valence-electron chi connectivity index (χ2n) is 4.77. The van der Waals surface area contributed by atoms with Gasteiger partial charge in [-0.25, -0.2) is 4.39 Å². The molecule has 3 rings (SSSR count). The van der Waals surface area contributed by atoms with Crippen molar-refractivity contribution in [2.45, 2.75) is 6.61 Å². The van der Waals surface area contributed by atoms with Crippen LogP contribution in [-0.2, 0) is 6.61 Å². The van der Waals surface area contributed by atoms with Gasteiger partial charge in [-0.1, -0.05) is 17.7 Å². The van der Waals surface area contributed by atoms with Crippen LogP contribution in [0.1, 0.15) is 5.56 Å². The largest absolute Gasteiger partial charge is 0.487 e. The van der Waals surface area contributed by atoms with Gasteiger partial charge in [0, 0.05) is 29.3 Å². The van der Waals surface area contributed by atoms with Crippen LogP contribution < -0.4 is 4.74 Å². The summed E-state index contributed by atoms with van der Waals surface area (Å²) in [6.45, 7) is 0.116. The van der Waals surface area contributed by atoms with Crippen molar-refractivity contribution in [2.24, 2.45) is 0 Å². The summed E-state index contributed by atoms with van der Waals surface area (Å²) in [5.74, 6) is -0.0455. The summed E-state index contributed by atoms with van der Waals surface area (Å²) in [7, 11) is 0. The van der Waals surface area contributed by atoms with E-state index in [4.69, 9.17) is 16.3 Å². The van der Waals surface area contributed by atoms with Crippen LogP contribution in [0.4, 0.5) is 10.1 Å². The zero-order valence-corrected chi connectivity index (χ0v) is 12.5. The summed E-state index contributed by atoms with van der Waals surface area (Å²) in [5, 5.41) is 11.2. The molecule has 2 aromatic carbocycles. The van der Waals surface area contributed by atoms with Gasteiger partial charge in [0.15, 0.2) is 0 Å². The highest BCUT2D eigenvalue weighted by Crippen LogP contribution is 2.30. The molecule has 0 N–H and O–H groups in total. The first kappa shape index (κ1) is 15.2. The predicted molar refractivity (Wildman–Crippen MR) is 84.1 cm³/mol. The maximum atomic E-state index is 13.7. The number of pyridine rings is 1. The molecule has 0 radical (unpaired) electrons. The Hall–Kier alpha value is -2.73. The van der Waals surface area contributed by atoms with E-state index in [0.29, 0.717) is 22.2 Å². The molecule has 3 aromatic rings. The summed E-state index contributed by atoms with van der Waals surface area (Å²) in [5.41, 5.74) is 1.08. The lowest BCUT2D eigenvalue weighted by atomic mass is 10.1. The predicted octanol–water partition coefficient (Wildman–Crippen LogP) is 4.51. The third-order valence-corrected chi connectivity index (χ3v) is 3.60. The van der Waals surface area contributed by atoms with Crippen LogP contribution in [0.2, 0.25) is 5.02 Å². The molecule has 0 fully saturated rings. The number of ether oxygens (including phenoxy) is 1. The van der Waals surface area contributed by atoms with Crippen LogP contribution in [0.3, 0.4) is 0 Å². The van der Waals surface area contributed by atoms with Gasteiger partial charge < -0.3 is 4.74 Å². The van der Waals surface area contributed by atoms with Crippen molar-refractivity contribution in [1.29, 1.82) is 0 Å². The van der Waals surface area contributed by atoms with Crippen molar-refractivity contribution in [2.75, 3.05) is 0 Å². The highest BCUT2D eigenvalue weighted by molar-refractivity contribution is 6.32.